The minimum atomic E-state index is -0.155. The Morgan fingerprint density at radius 3 is 3.06 bits per heavy atom. The van der Waals surface area contributed by atoms with Crippen LogP contribution < -0.4 is 10.6 Å². The zero-order valence-corrected chi connectivity index (χ0v) is 10.2. The van der Waals surface area contributed by atoms with Crippen molar-refractivity contribution in [1.29, 1.82) is 0 Å². The van der Waals surface area contributed by atoms with Crippen LogP contribution in [0.15, 0.2) is 36.5 Å². The van der Waals surface area contributed by atoms with Gasteiger partial charge < -0.3 is 4.74 Å². The molecule has 1 amide bonds. The van der Waals surface area contributed by atoms with E-state index in [0.29, 0.717) is 6.61 Å². The number of nitrogens with zero attached hydrogens (tertiary/aromatic N) is 2. The van der Waals surface area contributed by atoms with Gasteiger partial charge in [-0.05, 0) is 24.3 Å². The number of amides is 1. The molecule has 94 valence electrons. The van der Waals surface area contributed by atoms with E-state index in [-0.39, 0.29) is 12.3 Å². The summed E-state index contributed by atoms with van der Waals surface area (Å²) in [5, 5.41) is 2.07. The highest BCUT2D eigenvalue weighted by atomic mass is 16.5. The molecule has 0 aliphatic heterocycles. The molecule has 0 radical (unpaired) electrons. The van der Waals surface area contributed by atoms with Gasteiger partial charge >= 0.3 is 0 Å². The number of pyridine rings is 1. The number of rotatable bonds is 4. The van der Waals surface area contributed by atoms with Crippen LogP contribution in [-0.2, 0) is 4.79 Å². The fourth-order valence-electron chi connectivity index (χ4n) is 1.58. The van der Waals surface area contributed by atoms with Crippen LogP contribution in [0.4, 0.5) is 0 Å². The molecule has 1 aromatic carbocycles. The van der Waals surface area contributed by atoms with Crippen LogP contribution in [0.3, 0.4) is 0 Å². The van der Waals surface area contributed by atoms with Crippen LogP contribution in [-0.4, -0.2) is 29.6 Å². The molecule has 18 heavy (non-hydrogen) atoms. The van der Waals surface area contributed by atoms with Gasteiger partial charge in [0.2, 0.25) is 5.91 Å². The molecule has 0 bridgehead atoms. The molecule has 0 saturated carbocycles. The number of hydrogen-bond donors (Lipinski definition) is 1. The van der Waals surface area contributed by atoms with E-state index in [2.05, 4.69) is 4.98 Å². The zero-order chi connectivity index (χ0) is 13.0. The van der Waals surface area contributed by atoms with Crippen LogP contribution in [0.25, 0.3) is 10.9 Å². The quantitative estimate of drug-likeness (QED) is 0.501. The first kappa shape index (κ1) is 12.3. The lowest BCUT2D eigenvalue weighted by atomic mass is 10.2. The number of carbonyl (C=O) groups is 1. The molecule has 5 heteroatoms. The van der Waals surface area contributed by atoms with Gasteiger partial charge in [0, 0.05) is 18.6 Å². The van der Waals surface area contributed by atoms with Crippen molar-refractivity contribution in [3.05, 3.63) is 36.5 Å². The number of benzene rings is 1. The number of fused-ring (bicyclic) bond motifs is 1. The van der Waals surface area contributed by atoms with E-state index in [0.717, 1.165) is 21.7 Å². The second-order valence-electron chi connectivity index (χ2n) is 3.96. The largest absolute Gasteiger partial charge is 0.493 e. The summed E-state index contributed by atoms with van der Waals surface area (Å²) in [6.07, 6.45) is 2.01. The Morgan fingerprint density at radius 2 is 2.28 bits per heavy atom. The summed E-state index contributed by atoms with van der Waals surface area (Å²) in [5.74, 6) is 5.88. The number of hydrazine groups is 1. The second kappa shape index (κ2) is 5.46. The molecule has 0 atom stereocenters. The molecular formula is C13H15N3O2. The van der Waals surface area contributed by atoms with Crippen molar-refractivity contribution in [3.63, 3.8) is 0 Å². The summed E-state index contributed by atoms with van der Waals surface area (Å²) in [6.45, 7) is 0.312. The molecule has 2 rings (SSSR count). The lowest BCUT2D eigenvalue weighted by Gasteiger charge is -2.10. The van der Waals surface area contributed by atoms with Crippen molar-refractivity contribution in [3.8, 4) is 5.75 Å². The van der Waals surface area contributed by atoms with Crippen LogP contribution in [0.5, 0.6) is 5.75 Å². The maximum absolute atomic E-state index is 11.3. The zero-order valence-electron chi connectivity index (χ0n) is 10.2. The van der Waals surface area contributed by atoms with E-state index in [1.54, 1.807) is 6.20 Å². The van der Waals surface area contributed by atoms with Gasteiger partial charge in [-0.25, -0.2) is 5.84 Å². The van der Waals surface area contributed by atoms with Gasteiger partial charge in [0.25, 0.3) is 0 Å². The Kier molecular flexibility index (Phi) is 3.74. The van der Waals surface area contributed by atoms with Gasteiger partial charge in [-0.15, -0.1) is 0 Å². The number of carbonyl (C=O) groups excluding carboxylic acids is 1. The molecule has 0 saturated heterocycles. The van der Waals surface area contributed by atoms with Crippen molar-refractivity contribution < 1.29 is 9.53 Å². The Labute approximate surface area is 105 Å². The Balaban J connectivity index is 1.98. The Bertz CT molecular complexity index is 555. The molecule has 5 nitrogen and oxygen atoms in total. The van der Waals surface area contributed by atoms with Crippen molar-refractivity contribution in [2.45, 2.75) is 6.42 Å². The fourth-order valence-corrected chi connectivity index (χ4v) is 1.58. The smallest absolute Gasteiger partial charge is 0.239 e. The summed E-state index contributed by atoms with van der Waals surface area (Å²) in [4.78, 5) is 15.5. The van der Waals surface area contributed by atoms with Crippen molar-refractivity contribution >= 4 is 16.8 Å². The molecule has 2 N–H and O–H groups in total. The lowest BCUT2D eigenvalue weighted by molar-refractivity contribution is -0.130. The third-order valence-electron chi connectivity index (χ3n) is 2.55. The summed E-state index contributed by atoms with van der Waals surface area (Å²) >= 11 is 0. The normalized spacial score (nSPS) is 10.3. The van der Waals surface area contributed by atoms with E-state index in [1.807, 2.05) is 30.3 Å². The lowest BCUT2D eigenvalue weighted by Crippen LogP contribution is -2.33. The van der Waals surface area contributed by atoms with E-state index < -0.39 is 0 Å². The third-order valence-corrected chi connectivity index (χ3v) is 2.55. The minimum Gasteiger partial charge on any atom is -0.493 e. The van der Waals surface area contributed by atoms with Crippen LogP contribution in [0.2, 0.25) is 0 Å². The van der Waals surface area contributed by atoms with Gasteiger partial charge in [-0.3, -0.25) is 14.8 Å². The first-order chi connectivity index (χ1) is 8.66. The molecular weight excluding hydrogens is 230 g/mol. The van der Waals surface area contributed by atoms with Gasteiger partial charge in [0.15, 0.2) is 0 Å². The summed E-state index contributed by atoms with van der Waals surface area (Å²) in [5.41, 5.74) is 0.919. The number of nitrogens with two attached hydrogens (primary N) is 1. The maximum atomic E-state index is 11.3. The number of hydrogen-bond acceptors (Lipinski definition) is 4. The van der Waals surface area contributed by atoms with Crippen molar-refractivity contribution in [2.75, 3.05) is 13.7 Å². The fraction of sp³-hybridized carbons (Fsp3) is 0.231. The first-order valence-electron chi connectivity index (χ1n) is 5.65. The highest BCUT2D eigenvalue weighted by molar-refractivity contribution is 5.79. The predicted octanol–water partition coefficient (Wildman–Crippen LogP) is 1.34. The average molecular weight is 245 g/mol. The highest BCUT2D eigenvalue weighted by Gasteiger charge is 2.04. The molecule has 2 aromatic rings. The number of aromatic nitrogens is 1. The average Bonchev–Trinajstić information content (AvgIpc) is 2.38. The van der Waals surface area contributed by atoms with Gasteiger partial charge in [-0.1, -0.05) is 6.07 Å². The third kappa shape index (κ3) is 2.95. The molecule has 1 heterocycles. The SMILES string of the molecule is CN(N)C(=O)CCOc1ccc2ncccc2c1. The minimum absolute atomic E-state index is 0.155. The van der Waals surface area contributed by atoms with Crippen molar-refractivity contribution in [2.24, 2.45) is 5.84 Å². The first-order valence-corrected chi connectivity index (χ1v) is 5.65. The standard InChI is InChI=1S/C13H15N3O2/c1-16(14)13(17)6-8-18-11-4-5-12-10(9-11)3-2-7-15-12/h2-5,7,9H,6,8,14H2,1H3. The van der Waals surface area contributed by atoms with E-state index >= 15 is 0 Å². The van der Waals surface area contributed by atoms with Crippen LogP contribution in [0.1, 0.15) is 6.42 Å². The van der Waals surface area contributed by atoms with E-state index in [4.69, 9.17) is 10.6 Å². The molecule has 0 fully saturated rings. The summed E-state index contributed by atoms with van der Waals surface area (Å²) in [6, 6.07) is 9.47. The highest BCUT2D eigenvalue weighted by Crippen LogP contribution is 2.18. The summed E-state index contributed by atoms with van der Waals surface area (Å²) in [7, 11) is 1.52. The molecule has 0 aliphatic rings. The van der Waals surface area contributed by atoms with E-state index in [1.165, 1.54) is 7.05 Å². The van der Waals surface area contributed by atoms with Gasteiger partial charge in [0.1, 0.15) is 5.75 Å². The topological polar surface area (TPSA) is 68.5 Å². The molecule has 0 unspecified atom stereocenters. The van der Waals surface area contributed by atoms with Gasteiger partial charge in [-0.2, -0.15) is 0 Å². The van der Waals surface area contributed by atoms with Crippen LogP contribution >= 0.6 is 0 Å². The number of ether oxygens (including phenoxy) is 1. The van der Waals surface area contributed by atoms with Crippen LogP contribution in [0, 0.1) is 0 Å². The molecule has 0 spiro atoms. The summed E-state index contributed by atoms with van der Waals surface area (Å²) < 4.78 is 5.50. The Morgan fingerprint density at radius 1 is 1.44 bits per heavy atom. The van der Waals surface area contributed by atoms with E-state index in [9.17, 15) is 4.79 Å². The second-order valence-corrected chi connectivity index (χ2v) is 3.96. The molecule has 0 aliphatic carbocycles. The monoisotopic (exact) mass is 245 g/mol. The van der Waals surface area contributed by atoms with Crippen molar-refractivity contribution in [1.82, 2.24) is 9.99 Å². The molecule has 1 aromatic heterocycles. The maximum Gasteiger partial charge on any atom is 0.239 e. The predicted molar refractivity (Wildman–Crippen MR) is 68.8 cm³/mol. The Hall–Kier alpha value is -2.14. The van der Waals surface area contributed by atoms with Gasteiger partial charge in [0.05, 0.1) is 18.5 Å².